The normalized spacial score (nSPS) is 14.8. The van der Waals surface area contributed by atoms with Crippen molar-refractivity contribution in [3.63, 3.8) is 0 Å². The average molecular weight is 360 g/mol. The number of nitriles is 1. The van der Waals surface area contributed by atoms with Crippen molar-refractivity contribution >= 4 is 16.3 Å². The Labute approximate surface area is 157 Å². The molecule has 2 heterocycles. The molecule has 0 saturated heterocycles. The van der Waals surface area contributed by atoms with Crippen LogP contribution in [0.4, 0.5) is 0 Å². The third-order valence-electron chi connectivity index (χ3n) is 4.85. The molecular weight excluding hydrogens is 340 g/mol. The van der Waals surface area contributed by atoms with E-state index in [1.165, 1.54) is 0 Å². The van der Waals surface area contributed by atoms with E-state index in [1.807, 2.05) is 47.0 Å². The van der Waals surface area contributed by atoms with E-state index in [0.29, 0.717) is 11.6 Å². The SMILES string of the molecule is N#C/C(=C(/O)COc1cccc2ccccc12)c1nnc2n1CCCCC2. The Balaban J connectivity index is 1.62. The Bertz CT molecular complexity index is 1040. The molecule has 4 rings (SSSR count). The van der Waals surface area contributed by atoms with Crippen LogP contribution < -0.4 is 4.74 Å². The van der Waals surface area contributed by atoms with Gasteiger partial charge < -0.3 is 14.4 Å². The first kappa shape index (κ1) is 17.1. The molecule has 1 N–H and O–H groups in total. The molecule has 136 valence electrons. The number of aliphatic hydroxyl groups is 1. The zero-order valence-electron chi connectivity index (χ0n) is 14.9. The van der Waals surface area contributed by atoms with E-state index >= 15 is 0 Å². The molecule has 27 heavy (non-hydrogen) atoms. The summed E-state index contributed by atoms with van der Waals surface area (Å²) in [6.07, 6.45) is 4.06. The molecule has 2 aromatic carbocycles. The summed E-state index contributed by atoms with van der Waals surface area (Å²) in [6, 6.07) is 15.7. The van der Waals surface area contributed by atoms with Crippen molar-refractivity contribution in [2.75, 3.05) is 6.61 Å². The maximum atomic E-state index is 10.5. The van der Waals surface area contributed by atoms with Crippen LogP contribution in [0.1, 0.15) is 30.9 Å². The van der Waals surface area contributed by atoms with Crippen molar-refractivity contribution in [3.05, 3.63) is 59.9 Å². The molecule has 0 amide bonds. The first-order valence-corrected chi connectivity index (χ1v) is 9.13. The van der Waals surface area contributed by atoms with E-state index in [0.717, 1.165) is 48.8 Å². The number of aliphatic hydroxyl groups excluding tert-OH is 1. The largest absolute Gasteiger partial charge is 0.507 e. The van der Waals surface area contributed by atoms with Gasteiger partial charge in [-0.1, -0.05) is 42.8 Å². The number of aromatic nitrogens is 3. The van der Waals surface area contributed by atoms with Crippen LogP contribution in [0, 0.1) is 11.3 Å². The molecular formula is C21H20N4O2. The topological polar surface area (TPSA) is 84.0 Å². The molecule has 0 bridgehead atoms. The molecule has 6 nitrogen and oxygen atoms in total. The zero-order chi connectivity index (χ0) is 18.6. The maximum absolute atomic E-state index is 10.5. The molecule has 0 atom stereocenters. The van der Waals surface area contributed by atoms with Gasteiger partial charge in [-0.05, 0) is 24.3 Å². The highest BCUT2D eigenvalue weighted by Crippen LogP contribution is 2.26. The maximum Gasteiger partial charge on any atom is 0.178 e. The second kappa shape index (κ2) is 7.50. The quantitative estimate of drug-likeness (QED) is 0.561. The second-order valence-corrected chi connectivity index (χ2v) is 6.60. The first-order valence-electron chi connectivity index (χ1n) is 9.13. The molecule has 0 fully saturated rings. The summed E-state index contributed by atoms with van der Waals surface area (Å²) in [6.45, 7) is 0.666. The molecule has 6 heteroatoms. The lowest BCUT2D eigenvalue weighted by molar-refractivity contribution is 0.274. The summed E-state index contributed by atoms with van der Waals surface area (Å²) >= 11 is 0. The van der Waals surface area contributed by atoms with Crippen LogP contribution in [0.5, 0.6) is 5.75 Å². The fraction of sp³-hybridized carbons (Fsp3) is 0.286. The molecule has 1 aromatic heterocycles. The molecule has 1 aliphatic rings. The number of ether oxygens (including phenoxy) is 1. The number of fused-ring (bicyclic) bond motifs is 2. The minimum atomic E-state index is -0.134. The molecule has 0 spiro atoms. The summed E-state index contributed by atoms with van der Waals surface area (Å²) in [5.74, 6) is 1.83. The van der Waals surface area contributed by atoms with Crippen LogP contribution in [0.3, 0.4) is 0 Å². The van der Waals surface area contributed by atoms with Crippen LogP contribution in [-0.2, 0) is 13.0 Å². The van der Waals surface area contributed by atoms with Crippen LogP contribution in [-0.4, -0.2) is 26.5 Å². The number of aryl methyl sites for hydroxylation is 1. The summed E-state index contributed by atoms with van der Waals surface area (Å²) in [5, 5.41) is 30.5. The Morgan fingerprint density at radius 1 is 1.11 bits per heavy atom. The third kappa shape index (κ3) is 3.36. The number of benzene rings is 2. The van der Waals surface area contributed by atoms with Gasteiger partial charge in [0.15, 0.2) is 11.6 Å². The van der Waals surface area contributed by atoms with Gasteiger partial charge in [-0.3, -0.25) is 0 Å². The first-order chi connectivity index (χ1) is 13.3. The van der Waals surface area contributed by atoms with Gasteiger partial charge in [0.05, 0.1) is 0 Å². The Morgan fingerprint density at radius 2 is 1.96 bits per heavy atom. The number of hydrogen-bond donors (Lipinski definition) is 1. The van der Waals surface area contributed by atoms with Gasteiger partial charge in [0, 0.05) is 18.4 Å². The van der Waals surface area contributed by atoms with Crippen LogP contribution in [0.2, 0.25) is 0 Å². The predicted molar refractivity (Wildman–Crippen MR) is 102 cm³/mol. The highest BCUT2D eigenvalue weighted by atomic mass is 16.5. The highest BCUT2D eigenvalue weighted by molar-refractivity contribution is 5.88. The third-order valence-corrected chi connectivity index (χ3v) is 4.85. The Hall–Kier alpha value is -3.33. The minimum absolute atomic E-state index is 0.0981. The summed E-state index contributed by atoms with van der Waals surface area (Å²) in [7, 11) is 0. The van der Waals surface area contributed by atoms with E-state index < -0.39 is 0 Å². The lowest BCUT2D eigenvalue weighted by atomic mass is 10.1. The monoisotopic (exact) mass is 360 g/mol. The summed E-state index contributed by atoms with van der Waals surface area (Å²) < 4.78 is 7.76. The molecule has 0 saturated carbocycles. The van der Waals surface area contributed by atoms with Gasteiger partial charge in [-0.25, -0.2) is 0 Å². The predicted octanol–water partition coefficient (Wildman–Crippen LogP) is 4.03. The van der Waals surface area contributed by atoms with Gasteiger partial charge in [-0.2, -0.15) is 5.26 Å². The van der Waals surface area contributed by atoms with E-state index in [1.54, 1.807) is 0 Å². The molecule has 0 aliphatic carbocycles. The van der Waals surface area contributed by atoms with Crippen LogP contribution in [0.15, 0.2) is 48.2 Å². The van der Waals surface area contributed by atoms with Crippen molar-refractivity contribution in [1.82, 2.24) is 14.8 Å². The Morgan fingerprint density at radius 3 is 2.85 bits per heavy atom. The molecule has 3 aromatic rings. The van der Waals surface area contributed by atoms with Crippen LogP contribution >= 0.6 is 0 Å². The zero-order valence-corrected chi connectivity index (χ0v) is 14.9. The average Bonchev–Trinajstić information content (AvgIpc) is 2.94. The van der Waals surface area contributed by atoms with Crippen molar-refractivity contribution in [2.24, 2.45) is 0 Å². The van der Waals surface area contributed by atoms with Crippen molar-refractivity contribution < 1.29 is 9.84 Å². The van der Waals surface area contributed by atoms with Gasteiger partial charge in [-0.15, -0.1) is 10.2 Å². The van der Waals surface area contributed by atoms with Gasteiger partial charge >= 0.3 is 0 Å². The fourth-order valence-corrected chi connectivity index (χ4v) is 3.45. The van der Waals surface area contributed by atoms with Crippen molar-refractivity contribution in [2.45, 2.75) is 32.2 Å². The highest BCUT2D eigenvalue weighted by Gasteiger charge is 2.21. The van der Waals surface area contributed by atoms with Crippen molar-refractivity contribution in [3.8, 4) is 11.8 Å². The van der Waals surface area contributed by atoms with Gasteiger partial charge in [0.1, 0.15) is 29.8 Å². The number of nitrogens with zero attached hydrogens (tertiary/aromatic N) is 4. The summed E-state index contributed by atoms with van der Waals surface area (Å²) in [5.41, 5.74) is 0.121. The van der Waals surface area contributed by atoms with E-state index in [-0.39, 0.29) is 17.9 Å². The van der Waals surface area contributed by atoms with E-state index in [9.17, 15) is 10.4 Å². The minimum Gasteiger partial charge on any atom is -0.507 e. The number of allylic oxidation sites excluding steroid dienone is 1. The second-order valence-electron chi connectivity index (χ2n) is 6.60. The smallest absolute Gasteiger partial charge is 0.178 e. The van der Waals surface area contributed by atoms with Crippen molar-refractivity contribution in [1.29, 1.82) is 5.26 Å². The number of hydrogen-bond acceptors (Lipinski definition) is 5. The Kier molecular flexibility index (Phi) is 4.75. The number of rotatable bonds is 4. The molecule has 0 unspecified atom stereocenters. The lowest BCUT2D eigenvalue weighted by Crippen LogP contribution is -2.09. The molecule has 1 aliphatic heterocycles. The summed E-state index contributed by atoms with van der Waals surface area (Å²) in [4.78, 5) is 0. The van der Waals surface area contributed by atoms with E-state index in [4.69, 9.17) is 4.74 Å². The van der Waals surface area contributed by atoms with Gasteiger partial charge in [0.25, 0.3) is 0 Å². The molecule has 0 radical (unpaired) electrons. The van der Waals surface area contributed by atoms with E-state index in [2.05, 4.69) is 16.3 Å². The van der Waals surface area contributed by atoms with Crippen LogP contribution in [0.25, 0.3) is 16.3 Å². The standard InChI is InChI=1S/C21H20N4O2/c22-13-17(21-24-23-20-11-2-1-5-12-25(20)21)18(26)14-27-19-10-6-8-15-7-3-4-9-16(15)19/h3-4,6-10,26H,1-2,5,11-12,14H2/b18-17-. The lowest BCUT2D eigenvalue weighted by Gasteiger charge is -2.11. The van der Waals surface area contributed by atoms with Gasteiger partial charge in [0.2, 0.25) is 0 Å². The fourth-order valence-electron chi connectivity index (χ4n) is 3.45.